The van der Waals surface area contributed by atoms with Crippen LogP contribution in [0.25, 0.3) is 11.3 Å². The molecule has 3 heterocycles. The van der Waals surface area contributed by atoms with Crippen LogP contribution in [0.2, 0.25) is 0 Å². The number of piperidine rings is 1. The lowest BCUT2D eigenvalue weighted by Gasteiger charge is -2.30. The van der Waals surface area contributed by atoms with Crippen LogP contribution < -0.4 is 10.2 Å². The molecule has 4 rings (SSSR count). The summed E-state index contributed by atoms with van der Waals surface area (Å²) in [6.45, 7) is 8.15. The number of hydrogen-bond acceptors (Lipinski definition) is 6. The van der Waals surface area contributed by atoms with Crippen molar-refractivity contribution >= 4 is 17.4 Å². The normalized spacial score (nSPS) is 14.6. The van der Waals surface area contributed by atoms with Crippen molar-refractivity contribution in [1.82, 2.24) is 15.4 Å². The third-order valence-corrected chi connectivity index (χ3v) is 6.01. The fourth-order valence-corrected chi connectivity index (χ4v) is 3.93. The minimum absolute atomic E-state index is 0.0345. The molecule has 0 unspecified atom stereocenters. The lowest BCUT2D eigenvalue weighted by atomic mass is 9.99. The van der Waals surface area contributed by atoms with E-state index in [0.29, 0.717) is 12.8 Å². The molecule has 1 N–H and O–H groups in total. The number of hydrogen-bond donors (Lipinski definition) is 1. The second-order valence-electron chi connectivity index (χ2n) is 8.37. The fraction of sp³-hybridized carbons (Fsp3) is 0.417. The van der Waals surface area contributed by atoms with Crippen LogP contribution in [0.15, 0.2) is 40.9 Å². The quantitative estimate of drug-likeness (QED) is 0.631. The topological polar surface area (TPSA) is 84.2 Å². The highest BCUT2D eigenvalue weighted by Crippen LogP contribution is 2.24. The average Bonchev–Trinajstić information content (AvgIpc) is 3.11. The van der Waals surface area contributed by atoms with Crippen molar-refractivity contribution in [3.05, 3.63) is 53.4 Å². The zero-order chi connectivity index (χ0) is 21.8. The zero-order valence-electron chi connectivity index (χ0n) is 18.4. The molecule has 31 heavy (non-hydrogen) atoms. The Balaban J connectivity index is 1.33. The number of nitrogens with one attached hydrogen (secondary N) is 1. The Hall–Kier alpha value is -3.22. The Morgan fingerprint density at radius 1 is 1.10 bits per heavy atom. The van der Waals surface area contributed by atoms with Gasteiger partial charge in [0.05, 0.1) is 11.4 Å². The van der Waals surface area contributed by atoms with Crippen LogP contribution in [0.4, 0.5) is 11.5 Å². The molecule has 162 valence electrons. The summed E-state index contributed by atoms with van der Waals surface area (Å²) in [5.41, 5.74) is 4.41. The molecular formula is C24H29N5O2. The van der Waals surface area contributed by atoms with Crippen LogP contribution in [-0.2, 0) is 11.2 Å². The van der Waals surface area contributed by atoms with E-state index in [-0.39, 0.29) is 5.91 Å². The number of benzene rings is 1. The number of anilines is 2. The molecule has 1 amide bonds. The van der Waals surface area contributed by atoms with Gasteiger partial charge in [-0.3, -0.25) is 4.79 Å². The van der Waals surface area contributed by atoms with E-state index in [2.05, 4.69) is 32.5 Å². The third-order valence-electron chi connectivity index (χ3n) is 6.01. The maximum Gasteiger partial charge on any atom is 0.224 e. The highest BCUT2D eigenvalue weighted by Gasteiger charge is 2.17. The first kappa shape index (κ1) is 21.0. The summed E-state index contributed by atoms with van der Waals surface area (Å²) in [6.07, 6.45) is 3.40. The smallest absolute Gasteiger partial charge is 0.224 e. The molecule has 0 radical (unpaired) electrons. The van der Waals surface area contributed by atoms with Crippen molar-refractivity contribution in [1.29, 1.82) is 0 Å². The van der Waals surface area contributed by atoms with Gasteiger partial charge in [-0.05, 0) is 63.3 Å². The average molecular weight is 420 g/mol. The van der Waals surface area contributed by atoms with Crippen LogP contribution in [0, 0.1) is 19.8 Å². The maximum absolute atomic E-state index is 12.3. The van der Waals surface area contributed by atoms with E-state index in [1.807, 2.05) is 50.2 Å². The summed E-state index contributed by atoms with van der Waals surface area (Å²) in [4.78, 5) is 14.6. The largest absolute Gasteiger partial charge is 0.361 e. The van der Waals surface area contributed by atoms with Crippen molar-refractivity contribution in [2.24, 2.45) is 5.92 Å². The molecule has 1 saturated heterocycles. The van der Waals surface area contributed by atoms with Crippen molar-refractivity contribution in [2.75, 3.05) is 23.3 Å². The number of aryl methyl sites for hydroxylation is 2. The summed E-state index contributed by atoms with van der Waals surface area (Å²) >= 11 is 0. The monoisotopic (exact) mass is 419 g/mol. The number of aromatic nitrogens is 3. The molecule has 1 aromatic carbocycles. The number of rotatable bonds is 6. The lowest BCUT2D eigenvalue weighted by Crippen LogP contribution is -2.33. The van der Waals surface area contributed by atoms with Crippen LogP contribution in [-0.4, -0.2) is 34.4 Å². The molecule has 7 nitrogen and oxygen atoms in total. The van der Waals surface area contributed by atoms with Gasteiger partial charge in [-0.1, -0.05) is 24.2 Å². The maximum atomic E-state index is 12.3. The summed E-state index contributed by atoms with van der Waals surface area (Å²) in [6, 6.07) is 11.8. The van der Waals surface area contributed by atoms with Gasteiger partial charge >= 0.3 is 0 Å². The van der Waals surface area contributed by atoms with E-state index in [1.54, 1.807) is 0 Å². The molecule has 0 saturated carbocycles. The van der Waals surface area contributed by atoms with Crippen LogP contribution in [0.3, 0.4) is 0 Å². The first-order valence-electron chi connectivity index (χ1n) is 10.9. The highest BCUT2D eigenvalue weighted by atomic mass is 16.5. The number of nitrogens with zero attached hydrogens (tertiary/aromatic N) is 4. The van der Waals surface area contributed by atoms with E-state index < -0.39 is 0 Å². The molecule has 1 aliphatic heterocycles. The summed E-state index contributed by atoms with van der Waals surface area (Å²) in [5.74, 6) is 2.47. The molecular weight excluding hydrogens is 390 g/mol. The van der Waals surface area contributed by atoms with E-state index >= 15 is 0 Å². The molecule has 2 aromatic heterocycles. The number of carbonyl (C=O) groups is 1. The van der Waals surface area contributed by atoms with Gasteiger partial charge in [-0.2, -0.15) is 0 Å². The Bertz CT molecular complexity index is 1000. The third kappa shape index (κ3) is 5.10. The minimum Gasteiger partial charge on any atom is -0.361 e. The second kappa shape index (κ2) is 9.29. The lowest BCUT2D eigenvalue weighted by molar-refractivity contribution is -0.116. The Kier molecular flexibility index (Phi) is 6.30. The Morgan fingerprint density at radius 2 is 1.84 bits per heavy atom. The van der Waals surface area contributed by atoms with Crippen LogP contribution in [0.5, 0.6) is 0 Å². The Labute approximate surface area is 182 Å². The predicted octanol–water partition coefficient (Wildman–Crippen LogP) is 4.56. The van der Waals surface area contributed by atoms with Gasteiger partial charge in [0.2, 0.25) is 5.91 Å². The summed E-state index contributed by atoms with van der Waals surface area (Å²) in [5, 5.41) is 15.7. The zero-order valence-corrected chi connectivity index (χ0v) is 18.4. The molecule has 0 aliphatic carbocycles. The van der Waals surface area contributed by atoms with Crippen molar-refractivity contribution < 1.29 is 9.32 Å². The SMILES string of the molecule is Cc1noc(C)c1CCC(=O)Nc1ccc(-c2ccc(N3CCC(C)CC3)nn2)cc1. The van der Waals surface area contributed by atoms with Gasteiger partial charge in [0, 0.05) is 36.3 Å². The minimum atomic E-state index is -0.0345. The summed E-state index contributed by atoms with van der Waals surface area (Å²) < 4.78 is 5.15. The first-order chi connectivity index (χ1) is 15.0. The Morgan fingerprint density at radius 3 is 2.45 bits per heavy atom. The fourth-order valence-electron chi connectivity index (χ4n) is 3.93. The van der Waals surface area contributed by atoms with E-state index in [4.69, 9.17) is 4.52 Å². The predicted molar refractivity (Wildman–Crippen MR) is 121 cm³/mol. The second-order valence-corrected chi connectivity index (χ2v) is 8.37. The molecule has 0 spiro atoms. The van der Waals surface area contributed by atoms with Crippen molar-refractivity contribution in [3.8, 4) is 11.3 Å². The van der Waals surface area contributed by atoms with Gasteiger partial charge in [0.15, 0.2) is 5.82 Å². The highest BCUT2D eigenvalue weighted by molar-refractivity contribution is 5.91. The van der Waals surface area contributed by atoms with Crippen molar-refractivity contribution in [3.63, 3.8) is 0 Å². The van der Waals surface area contributed by atoms with Crippen LogP contribution in [0.1, 0.15) is 43.2 Å². The standard InChI is InChI=1S/C24H29N5O2/c1-16-12-14-29(15-13-16)23-10-9-22(26-27-23)19-4-6-20(7-5-19)25-24(30)11-8-21-17(2)28-31-18(21)3/h4-7,9-10,16H,8,11-15H2,1-3H3,(H,25,30). The van der Waals surface area contributed by atoms with Crippen LogP contribution >= 0.6 is 0 Å². The molecule has 0 bridgehead atoms. The molecule has 1 aliphatic rings. The van der Waals surface area contributed by atoms with E-state index in [9.17, 15) is 4.79 Å². The molecule has 1 fully saturated rings. The van der Waals surface area contributed by atoms with Gasteiger partial charge in [0.1, 0.15) is 5.76 Å². The summed E-state index contributed by atoms with van der Waals surface area (Å²) in [7, 11) is 0. The van der Waals surface area contributed by atoms with E-state index in [0.717, 1.165) is 58.8 Å². The van der Waals surface area contributed by atoms with Gasteiger partial charge in [-0.15, -0.1) is 10.2 Å². The number of amides is 1. The van der Waals surface area contributed by atoms with Gasteiger partial charge < -0.3 is 14.7 Å². The van der Waals surface area contributed by atoms with Gasteiger partial charge in [-0.25, -0.2) is 0 Å². The molecule has 0 atom stereocenters. The number of carbonyl (C=O) groups excluding carboxylic acids is 1. The molecule has 7 heteroatoms. The molecule has 3 aromatic rings. The van der Waals surface area contributed by atoms with Crippen molar-refractivity contribution in [2.45, 2.75) is 46.5 Å². The van der Waals surface area contributed by atoms with Gasteiger partial charge in [0.25, 0.3) is 0 Å². The van der Waals surface area contributed by atoms with E-state index in [1.165, 1.54) is 12.8 Å². The first-order valence-corrected chi connectivity index (χ1v) is 10.9.